The number of nitrogens with zero attached hydrogens (tertiary/aromatic N) is 1. The summed E-state index contributed by atoms with van der Waals surface area (Å²) >= 11 is 0. The Morgan fingerprint density at radius 2 is 1.72 bits per heavy atom. The first-order chi connectivity index (χ1) is 13.8. The number of ether oxygens (including phenoxy) is 2. The molecule has 0 aliphatic heterocycles. The number of benzene rings is 2. The number of hydrogen-bond acceptors (Lipinski definition) is 4. The van der Waals surface area contributed by atoms with E-state index in [4.69, 9.17) is 14.3 Å². The highest BCUT2D eigenvalue weighted by molar-refractivity contribution is 6.03. The van der Waals surface area contributed by atoms with E-state index >= 15 is 0 Å². The van der Waals surface area contributed by atoms with Crippen molar-refractivity contribution in [1.82, 2.24) is 0 Å². The second kappa shape index (κ2) is 10.1. The van der Waals surface area contributed by atoms with Crippen molar-refractivity contribution in [1.29, 1.82) is 0 Å². The molecule has 156 valence electrons. The Morgan fingerprint density at radius 3 is 2.31 bits per heavy atom. The van der Waals surface area contributed by atoms with Crippen LogP contribution in [0.4, 0.5) is 0 Å². The van der Waals surface area contributed by atoms with E-state index < -0.39 is 0 Å². The molecule has 2 aromatic carbocycles. The lowest BCUT2D eigenvalue weighted by Gasteiger charge is -2.21. The first kappa shape index (κ1) is 22.5. The molecule has 0 radical (unpaired) electrons. The fourth-order valence-electron chi connectivity index (χ4n) is 3.14. The average Bonchev–Trinajstić information content (AvgIpc) is 2.65. The molecule has 0 aliphatic carbocycles. The lowest BCUT2D eigenvalue weighted by atomic mass is 9.85. The van der Waals surface area contributed by atoms with Crippen LogP contribution in [0.15, 0.2) is 53.7 Å². The van der Waals surface area contributed by atoms with Crippen molar-refractivity contribution in [3.63, 3.8) is 0 Å². The van der Waals surface area contributed by atoms with E-state index in [0.717, 1.165) is 39.5 Å². The summed E-state index contributed by atoms with van der Waals surface area (Å²) in [5.41, 5.74) is 5.05. The van der Waals surface area contributed by atoms with Gasteiger partial charge in [0.05, 0.1) is 5.71 Å². The zero-order valence-electron chi connectivity index (χ0n) is 18.7. The molecule has 0 amide bonds. The van der Waals surface area contributed by atoms with Gasteiger partial charge in [-0.1, -0.05) is 56.3 Å². The van der Waals surface area contributed by atoms with Gasteiger partial charge in [0.15, 0.2) is 0 Å². The minimum absolute atomic E-state index is 0.120. The van der Waals surface area contributed by atoms with E-state index in [9.17, 15) is 0 Å². The first-order valence-electron chi connectivity index (χ1n) is 9.95. The summed E-state index contributed by atoms with van der Waals surface area (Å²) in [5.74, 6) is 1.76. The highest BCUT2D eigenvalue weighted by Gasteiger charge is 2.22. The van der Waals surface area contributed by atoms with Crippen LogP contribution in [0.3, 0.4) is 0 Å². The highest BCUT2D eigenvalue weighted by atomic mass is 16.6. The minimum Gasteiger partial charge on any atom is -0.490 e. The van der Waals surface area contributed by atoms with Gasteiger partial charge in [0.1, 0.15) is 31.8 Å². The maximum Gasteiger partial charge on any atom is 0.125 e. The zero-order chi connectivity index (χ0) is 21.4. The fraction of sp³-hybridized carbons (Fsp3) is 0.400. The lowest BCUT2D eigenvalue weighted by molar-refractivity contribution is 0.209. The number of rotatable bonds is 8. The predicted molar refractivity (Wildman–Crippen MR) is 120 cm³/mol. The van der Waals surface area contributed by atoms with Crippen molar-refractivity contribution in [2.24, 2.45) is 10.6 Å². The zero-order valence-corrected chi connectivity index (χ0v) is 18.7. The van der Waals surface area contributed by atoms with Crippen LogP contribution in [-0.2, 0) is 11.4 Å². The molecule has 0 spiro atoms. The molecule has 4 nitrogen and oxygen atoms in total. The standard InChI is InChI=1S/C25H33NO3/c1-8-9-13-28-22-14-18(2)23(19(3)15-22)29-17-20-11-10-12-21(16-20)24(26-27-7)25(4,5)6/h8-12,14-16H,13,17H2,1-7H3/b9-8+,26-24-. The Balaban J connectivity index is 2.17. The van der Waals surface area contributed by atoms with Crippen molar-refractivity contribution in [2.75, 3.05) is 13.7 Å². The summed E-state index contributed by atoms with van der Waals surface area (Å²) in [4.78, 5) is 5.07. The van der Waals surface area contributed by atoms with E-state index in [2.05, 4.69) is 44.1 Å². The van der Waals surface area contributed by atoms with E-state index in [-0.39, 0.29) is 5.41 Å². The number of allylic oxidation sites excluding steroid dienone is 1. The first-order valence-corrected chi connectivity index (χ1v) is 9.95. The Morgan fingerprint density at radius 1 is 1.03 bits per heavy atom. The molecule has 29 heavy (non-hydrogen) atoms. The summed E-state index contributed by atoms with van der Waals surface area (Å²) in [7, 11) is 1.58. The number of hydrogen-bond donors (Lipinski definition) is 0. The second-order valence-corrected chi connectivity index (χ2v) is 8.13. The molecule has 2 aromatic rings. The van der Waals surface area contributed by atoms with Crippen molar-refractivity contribution < 1.29 is 14.3 Å². The second-order valence-electron chi connectivity index (χ2n) is 8.13. The molecular weight excluding hydrogens is 362 g/mol. The average molecular weight is 396 g/mol. The number of oxime groups is 1. The summed E-state index contributed by atoms with van der Waals surface area (Å²) in [6.07, 6.45) is 3.97. The predicted octanol–water partition coefficient (Wildman–Crippen LogP) is 6.23. The van der Waals surface area contributed by atoms with Crippen LogP contribution in [0.25, 0.3) is 0 Å². The Kier molecular flexibility index (Phi) is 7.89. The van der Waals surface area contributed by atoms with Gasteiger partial charge in [-0.25, -0.2) is 0 Å². The van der Waals surface area contributed by atoms with Crippen LogP contribution < -0.4 is 9.47 Å². The van der Waals surface area contributed by atoms with Crippen LogP contribution >= 0.6 is 0 Å². The topological polar surface area (TPSA) is 40.0 Å². The molecule has 0 aliphatic rings. The highest BCUT2D eigenvalue weighted by Crippen LogP contribution is 2.29. The van der Waals surface area contributed by atoms with Crippen LogP contribution in [0.5, 0.6) is 11.5 Å². The van der Waals surface area contributed by atoms with Crippen LogP contribution in [0.1, 0.15) is 49.9 Å². The molecule has 0 saturated heterocycles. The third-order valence-electron chi connectivity index (χ3n) is 4.49. The maximum atomic E-state index is 6.17. The van der Waals surface area contributed by atoms with E-state index in [1.807, 2.05) is 51.1 Å². The molecule has 0 heterocycles. The third-order valence-corrected chi connectivity index (χ3v) is 4.49. The Labute approximate surface area is 175 Å². The van der Waals surface area contributed by atoms with Crippen molar-refractivity contribution in [3.8, 4) is 11.5 Å². The molecule has 0 saturated carbocycles. The summed E-state index contributed by atoms with van der Waals surface area (Å²) in [5, 5.41) is 4.25. The molecule has 0 bridgehead atoms. The van der Waals surface area contributed by atoms with Gasteiger partial charge in [-0.05, 0) is 55.7 Å². The Hall–Kier alpha value is -2.75. The minimum atomic E-state index is -0.120. The quantitative estimate of drug-likeness (QED) is 0.302. The van der Waals surface area contributed by atoms with E-state index in [1.165, 1.54) is 0 Å². The maximum absolute atomic E-state index is 6.17. The summed E-state index contributed by atoms with van der Waals surface area (Å²) in [6, 6.07) is 12.3. The molecule has 0 fully saturated rings. The molecule has 0 aromatic heterocycles. The van der Waals surface area contributed by atoms with Gasteiger partial charge in [-0.3, -0.25) is 0 Å². The molecule has 0 N–H and O–H groups in total. The lowest BCUT2D eigenvalue weighted by Crippen LogP contribution is -2.22. The van der Waals surface area contributed by atoms with Gasteiger partial charge in [-0.2, -0.15) is 0 Å². The monoisotopic (exact) mass is 395 g/mol. The molecule has 2 rings (SSSR count). The van der Waals surface area contributed by atoms with Crippen LogP contribution in [0.2, 0.25) is 0 Å². The van der Waals surface area contributed by atoms with Gasteiger partial charge in [-0.15, -0.1) is 0 Å². The summed E-state index contributed by atoms with van der Waals surface area (Å²) in [6.45, 7) is 13.5. The smallest absolute Gasteiger partial charge is 0.125 e. The molecule has 0 atom stereocenters. The normalized spacial score (nSPS) is 12.3. The van der Waals surface area contributed by atoms with Gasteiger partial charge in [0.2, 0.25) is 0 Å². The van der Waals surface area contributed by atoms with Gasteiger partial charge < -0.3 is 14.3 Å². The largest absolute Gasteiger partial charge is 0.490 e. The SMILES string of the molecule is C/C=C/COc1cc(C)c(OCc2cccc(/C(=N/OC)C(C)(C)C)c2)c(C)c1. The van der Waals surface area contributed by atoms with Gasteiger partial charge in [0, 0.05) is 11.0 Å². The van der Waals surface area contributed by atoms with Crippen molar-refractivity contribution in [3.05, 3.63) is 70.8 Å². The third kappa shape index (κ3) is 6.38. The van der Waals surface area contributed by atoms with Crippen molar-refractivity contribution in [2.45, 2.75) is 48.1 Å². The van der Waals surface area contributed by atoms with E-state index in [0.29, 0.717) is 13.2 Å². The Bertz CT molecular complexity index is 853. The molecule has 4 heteroatoms. The summed E-state index contributed by atoms with van der Waals surface area (Å²) < 4.78 is 11.9. The fourth-order valence-corrected chi connectivity index (χ4v) is 3.14. The van der Waals surface area contributed by atoms with E-state index in [1.54, 1.807) is 7.11 Å². The van der Waals surface area contributed by atoms with Crippen LogP contribution in [0, 0.1) is 19.3 Å². The number of aryl methyl sites for hydroxylation is 2. The van der Waals surface area contributed by atoms with Crippen LogP contribution in [-0.4, -0.2) is 19.4 Å². The van der Waals surface area contributed by atoms with Crippen molar-refractivity contribution >= 4 is 5.71 Å². The van der Waals surface area contributed by atoms with Gasteiger partial charge >= 0.3 is 0 Å². The molecular formula is C25H33NO3. The van der Waals surface area contributed by atoms with Gasteiger partial charge in [0.25, 0.3) is 0 Å². The molecule has 0 unspecified atom stereocenters.